The molecule has 10 nitrogen and oxygen atoms in total. The van der Waals surface area contributed by atoms with E-state index in [0.29, 0.717) is 19.3 Å². The zero-order valence-corrected chi connectivity index (χ0v) is 24.6. The zero-order chi connectivity index (χ0) is 29.3. The quantitative estimate of drug-likeness (QED) is 0.0500. The van der Waals surface area contributed by atoms with Gasteiger partial charge in [0.15, 0.2) is 6.10 Å². The van der Waals surface area contributed by atoms with Gasteiger partial charge < -0.3 is 19.3 Å². The maximum atomic E-state index is 12.3. The van der Waals surface area contributed by atoms with Gasteiger partial charge in [0.1, 0.15) is 18.8 Å². The molecule has 0 aliphatic carbocycles. The molecule has 0 radical (unpaired) electrons. The number of esters is 3. The Morgan fingerprint density at radius 3 is 1.59 bits per heavy atom. The summed E-state index contributed by atoms with van der Waals surface area (Å²) < 4.78 is 15.9. The largest absolute Gasteiger partial charge is 0.463 e. The summed E-state index contributed by atoms with van der Waals surface area (Å²) in [5, 5.41) is 9.35. The van der Waals surface area contributed by atoms with Gasteiger partial charge in [-0.25, -0.2) is 4.79 Å². The van der Waals surface area contributed by atoms with Crippen molar-refractivity contribution in [2.24, 2.45) is 0 Å². The van der Waals surface area contributed by atoms with E-state index in [9.17, 15) is 24.3 Å². The summed E-state index contributed by atoms with van der Waals surface area (Å²) >= 11 is 0. The molecule has 0 bridgehead atoms. The maximum absolute atomic E-state index is 12.3. The Morgan fingerprint density at radius 1 is 0.590 bits per heavy atom. The average molecular weight is 561 g/mol. The molecule has 0 spiro atoms. The van der Waals surface area contributed by atoms with E-state index < -0.39 is 36.7 Å². The predicted octanol–water partition coefficient (Wildman–Crippen LogP) is 5.51. The first-order valence-electron chi connectivity index (χ1n) is 14.6. The number of ether oxygens (including phenoxy) is 3. The first-order valence-corrected chi connectivity index (χ1v) is 14.6. The van der Waals surface area contributed by atoms with Crippen LogP contribution in [0, 0.1) is 0 Å². The van der Waals surface area contributed by atoms with E-state index in [1.807, 2.05) is 0 Å². The molecule has 3 atom stereocenters. The summed E-state index contributed by atoms with van der Waals surface area (Å²) in [6.07, 6.45) is 13.9. The van der Waals surface area contributed by atoms with Crippen LogP contribution < -0.4 is 0 Å². The molecule has 0 heterocycles. The number of carbonyl (C=O) groups excluding carboxylic acids is 4. The van der Waals surface area contributed by atoms with Crippen LogP contribution in [0.4, 0.5) is 0 Å². The van der Waals surface area contributed by atoms with Crippen molar-refractivity contribution in [2.75, 3.05) is 13.2 Å². The van der Waals surface area contributed by atoms with Crippen molar-refractivity contribution in [2.45, 2.75) is 149 Å². The lowest BCUT2D eigenvalue weighted by atomic mass is 10.0. The van der Waals surface area contributed by atoms with Crippen molar-refractivity contribution in [3.05, 3.63) is 0 Å². The Morgan fingerprint density at radius 2 is 1.08 bits per heavy atom. The Hall–Kier alpha value is -2.20. The molecule has 0 unspecified atom stereocenters. The highest BCUT2D eigenvalue weighted by molar-refractivity contribution is 5.71. The standard InChI is InChI=1S/C29H52O10/c1-5-6-7-8-9-10-11-12-13-14-15-17-26(36-23(2)31)18-16-19-27(37-24(3)32)20-29(34)38-28(21-30)22-35-39-25(4)33/h26-28,30H,5-22H2,1-4H3/t26-,27-,28+/m1/s1. The van der Waals surface area contributed by atoms with Crippen LogP contribution in [0.2, 0.25) is 0 Å². The molecular weight excluding hydrogens is 508 g/mol. The average Bonchev–Trinajstić information content (AvgIpc) is 2.85. The van der Waals surface area contributed by atoms with Crippen LogP contribution >= 0.6 is 0 Å². The number of unbranched alkanes of at least 4 members (excludes halogenated alkanes) is 10. The highest BCUT2D eigenvalue weighted by Crippen LogP contribution is 2.19. The molecule has 39 heavy (non-hydrogen) atoms. The van der Waals surface area contributed by atoms with Crippen molar-refractivity contribution >= 4 is 23.9 Å². The minimum atomic E-state index is -1.03. The van der Waals surface area contributed by atoms with Crippen molar-refractivity contribution in [3.8, 4) is 0 Å². The molecule has 228 valence electrons. The predicted molar refractivity (Wildman–Crippen MR) is 145 cm³/mol. The lowest BCUT2D eigenvalue weighted by Crippen LogP contribution is -2.30. The second kappa shape index (κ2) is 24.8. The van der Waals surface area contributed by atoms with E-state index in [0.717, 1.165) is 26.2 Å². The van der Waals surface area contributed by atoms with Crippen molar-refractivity contribution < 1.29 is 48.3 Å². The van der Waals surface area contributed by atoms with Crippen molar-refractivity contribution in [3.63, 3.8) is 0 Å². The molecule has 0 aliphatic rings. The van der Waals surface area contributed by atoms with Crippen LogP contribution in [-0.4, -0.2) is 60.5 Å². The van der Waals surface area contributed by atoms with Gasteiger partial charge in [0, 0.05) is 20.8 Å². The molecule has 1 N–H and O–H groups in total. The summed E-state index contributed by atoms with van der Waals surface area (Å²) in [6.45, 7) is 5.17. The molecule has 0 saturated carbocycles. The number of aliphatic hydroxyl groups excluding tert-OH is 1. The van der Waals surface area contributed by atoms with E-state index >= 15 is 0 Å². The fraction of sp³-hybridized carbons (Fsp3) is 0.862. The van der Waals surface area contributed by atoms with Crippen LogP contribution in [-0.2, 0) is 43.2 Å². The topological polar surface area (TPSA) is 135 Å². The third-order valence-electron chi connectivity index (χ3n) is 6.17. The third kappa shape index (κ3) is 24.6. The summed E-state index contributed by atoms with van der Waals surface area (Å²) in [5.41, 5.74) is 0. The van der Waals surface area contributed by atoms with Gasteiger partial charge in [0.05, 0.1) is 13.0 Å². The SMILES string of the molecule is CCCCCCCCCCCCC[C@H](CCC[C@H](CC(=O)O[C@@H](CO)COOC(C)=O)OC(C)=O)OC(C)=O. The van der Waals surface area contributed by atoms with E-state index in [1.54, 1.807) is 0 Å². The normalized spacial score (nSPS) is 13.3. The summed E-state index contributed by atoms with van der Waals surface area (Å²) in [5.74, 6) is -2.22. The number of rotatable bonds is 25. The third-order valence-corrected chi connectivity index (χ3v) is 6.17. The first kappa shape index (κ1) is 36.8. The number of carbonyl (C=O) groups is 4. The van der Waals surface area contributed by atoms with Gasteiger partial charge in [-0.05, 0) is 32.1 Å². The van der Waals surface area contributed by atoms with E-state index in [-0.39, 0.29) is 25.1 Å². The van der Waals surface area contributed by atoms with Crippen molar-refractivity contribution in [1.29, 1.82) is 0 Å². The Balaban J connectivity index is 4.41. The molecule has 0 aliphatic heterocycles. The molecular formula is C29H52O10. The molecule has 0 saturated heterocycles. The number of hydrogen-bond donors (Lipinski definition) is 1. The summed E-state index contributed by atoms with van der Waals surface area (Å²) in [7, 11) is 0. The fourth-order valence-electron chi connectivity index (χ4n) is 4.28. The highest BCUT2D eigenvalue weighted by atomic mass is 17.2. The second-order valence-corrected chi connectivity index (χ2v) is 10.1. The van der Waals surface area contributed by atoms with E-state index in [2.05, 4.69) is 16.7 Å². The van der Waals surface area contributed by atoms with Gasteiger partial charge in [0.2, 0.25) is 0 Å². The first-order chi connectivity index (χ1) is 18.7. The van der Waals surface area contributed by atoms with Gasteiger partial charge in [0.25, 0.3) is 0 Å². The minimum absolute atomic E-state index is 0.208. The van der Waals surface area contributed by atoms with Crippen LogP contribution in [0.5, 0.6) is 0 Å². The van der Waals surface area contributed by atoms with Gasteiger partial charge >= 0.3 is 23.9 Å². The van der Waals surface area contributed by atoms with E-state index in [4.69, 9.17) is 14.2 Å². The lowest BCUT2D eigenvalue weighted by Gasteiger charge is -2.21. The molecule has 0 amide bonds. The smallest absolute Gasteiger partial charge is 0.339 e. The Kier molecular flexibility index (Phi) is 23.4. The van der Waals surface area contributed by atoms with Crippen LogP contribution in [0.15, 0.2) is 0 Å². The molecule has 0 aromatic heterocycles. The van der Waals surface area contributed by atoms with Gasteiger partial charge in [-0.3, -0.25) is 19.3 Å². The van der Waals surface area contributed by atoms with Gasteiger partial charge in [-0.1, -0.05) is 71.1 Å². The molecule has 0 aromatic carbocycles. The second-order valence-electron chi connectivity index (χ2n) is 10.1. The van der Waals surface area contributed by atoms with E-state index in [1.165, 1.54) is 71.6 Å². The molecule has 0 rings (SSSR count). The van der Waals surface area contributed by atoms with Crippen molar-refractivity contribution in [1.82, 2.24) is 0 Å². The monoisotopic (exact) mass is 560 g/mol. The highest BCUT2D eigenvalue weighted by Gasteiger charge is 2.22. The molecule has 10 heteroatoms. The van der Waals surface area contributed by atoms with Gasteiger partial charge in [-0.15, -0.1) is 0 Å². The lowest BCUT2D eigenvalue weighted by molar-refractivity contribution is -0.282. The van der Waals surface area contributed by atoms with Crippen LogP contribution in [0.1, 0.15) is 130 Å². The minimum Gasteiger partial charge on any atom is -0.463 e. The number of hydrogen-bond acceptors (Lipinski definition) is 10. The van der Waals surface area contributed by atoms with Crippen LogP contribution in [0.25, 0.3) is 0 Å². The fourth-order valence-corrected chi connectivity index (χ4v) is 4.28. The number of aliphatic hydroxyl groups is 1. The Bertz CT molecular complexity index is 666. The van der Waals surface area contributed by atoms with Crippen LogP contribution in [0.3, 0.4) is 0 Å². The molecule has 0 aromatic rings. The summed E-state index contributed by atoms with van der Waals surface area (Å²) in [6, 6.07) is 0. The Labute approximate surface area is 234 Å². The summed E-state index contributed by atoms with van der Waals surface area (Å²) in [4.78, 5) is 55.1. The maximum Gasteiger partial charge on any atom is 0.339 e. The molecule has 0 fully saturated rings. The zero-order valence-electron chi connectivity index (χ0n) is 24.6. The van der Waals surface area contributed by atoms with Gasteiger partial charge in [-0.2, -0.15) is 4.89 Å².